The minimum Gasteiger partial charge on any atom is -0.382 e. The molecule has 2 N–H and O–H groups in total. The van der Waals surface area contributed by atoms with Gasteiger partial charge >= 0.3 is 0 Å². The Morgan fingerprint density at radius 3 is 3.10 bits per heavy atom. The molecular formula is C14H19N3O3. The molecule has 0 unspecified atom stereocenters. The molecule has 20 heavy (non-hydrogen) atoms. The third-order valence-electron chi connectivity index (χ3n) is 2.89. The molecule has 0 aliphatic rings. The molecule has 0 saturated carbocycles. The van der Waals surface area contributed by atoms with E-state index in [0.717, 1.165) is 17.3 Å². The first-order chi connectivity index (χ1) is 9.81. The van der Waals surface area contributed by atoms with Gasteiger partial charge in [-0.25, -0.2) is 0 Å². The van der Waals surface area contributed by atoms with Crippen molar-refractivity contribution in [2.45, 2.75) is 6.42 Å². The zero-order valence-corrected chi connectivity index (χ0v) is 11.5. The first kappa shape index (κ1) is 14.5. The summed E-state index contributed by atoms with van der Waals surface area (Å²) in [6.07, 6.45) is 2.51. The van der Waals surface area contributed by atoms with E-state index < -0.39 is 0 Å². The molecule has 6 nitrogen and oxygen atoms in total. The summed E-state index contributed by atoms with van der Waals surface area (Å²) in [5.41, 5.74) is 1.49. The lowest BCUT2D eigenvalue weighted by Gasteiger charge is -2.06. The van der Waals surface area contributed by atoms with Crippen molar-refractivity contribution in [2.75, 3.05) is 33.5 Å². The number of H-pyrrole nitrogens is 1. The number of aromatic amines is 1. The van der Waals surface area contributed by atoms with Gasteiger partial charge in [-0.2, -0.15) is 5.10 Å². The lowest BCUT2D eigenvalue weighted by Crippen LogP contribution is -2.25. The Labute approximate surface area is 117 Å². The summed E-state index contributed by atoms with van der Waals surface area (Å²) in [5.74, 6) is -0.0848. The van der Waals surface area contributed by atoms with Crippen molar-refractivity contribution in [3.8, 4) is 0 Å². The number of methoxy groups -OCH3 is 1. The molecule has 2 aromatic rings. The van der Waals surface area contributed by atoms with Crippen LogP contribution in [0.2, 0.25) is 0 Å². The highest BCUT2D eigenvalue weighted by Gasteiger charge is 2.06. The zero-order chi connectivity index (χ0) is 14.2. The van der Waals surface area contributed by atoms with Gasteiger partial charge in [-0.1, -0.05) is 6.07 Å². The van der Waals surface area contributed by atoms with Gasteiger partial charge in [-0.3, -0.25) is 9.89 Å². The van der Waals surface area contributed by atoms with Gasteiger partial charge in [0.15, 0.2) is 0 Å². The number of carbonyl (C=O) groups excluding carboxylic acids is 1. The summed E-state index contributed by atoms with van der Waals surface area (Å²) in [7, 11) is 1.64. The van der Waals surface area contributed by atoms with Crippen molar-refractivity contribution in [1.82, 2.24) is 15.5 Å². The highest BCUT2D eigenvalue weighted by Crippen LogP contribution is 2.12. The molecule has 0 atom stereocenters. The van der Waals surface area contributed by atoms with Crippen molar-refractivity contribution in [3.63, 3.8) is 0 Å². The number of nitrogens with one attached hydrogen (secondary N) is 2. The highest BCUT2D eigenvalue weighted by molar-refractivity contribution is 5.97. The molecule has 2 rings (SSSR count). The van der Waals surface area contributed by atoms with E-state index in [0.29, 0.717) is 31.9 Å². The molecule has 1 heterocycles. The molecule has 1 aromatic heterocycles. The van der Waals surface area contributed by atoms with Crippen LogP contribution in [0.1, 0.15) is 16.8 Å². The predicted octanol–water partition coefficient (Wildman–Crippen LogP) is 1.35. The highest BCUT2D eigenvalue weighted by atomic mass is 16.5. The van der Waals surface area contributed by atoms with Crippen LogP contribution in [0.25, 0.3) is 10.9 Å². The van der Waals surface area contributed by atoms with Crippen molar-refractivity contribution in [3.05, 3.63) is 30.0 Å². The molecule has 0 saturated heterocycles. The van der Waals surface area contributed by atoms with Gasteiger partial charge in [-0.15, -0.1) is 0 Å². The largest absolute Gasteiger partial charge is 0.382 e. The maximum atomic E-state index is 11.9. The van der Waals surface area contributed by atoms with Crippen LogP contribution in [0.5, 0.6) is 0 Å². The molecule has 0 fully saturated rings. The summed E-state index contributed by atoms with van der Waals surface area (Å²) in [6, 6.07) is 5.47. The third kappa shape index (κ3) is 4.04. The second-order valence-corrected chi connectivity index (χ2v) is 4.39. The number of nitrogens with zero attached hydrogens (tertiary/aromatic N) is 1. The Morgan fingerprint density at radius 1 is 1.35 bits per heavy atom. The van der Waals surface area contributed by atoms with Crippen molar-refractivity contribution < 1.29 is 14.3 Å². The third-order valence-corrected chi connectivity index (χ3v) is 2.89. The SMILES string of the molecule is COCCOCCCNC(=O)c1ccc2cn[nH]c2c1. The number of rotatable bonds is 8. The Balaban J connectivity index is 1.71. The van der Waals surface area contributed by atoms with Crippen LogP contribution in [-0.4, -0.2) is 49.6 Å². The molecular weight excluding hydrogens is 258 g/mol. The standard InChI is InChI=1S/C14H19N3O3/c1-19-7-8-20-6-2-5-15-14(18)11-3-4-12-10-16-17-13(12)9-11/h3-4,9-10H,2,5-8H2,1H3,(H,15,18)(H,16,17). The second kappa shape index (κ2) is 7.62. The van der Waals surface area contributed by atoms with E-state index in [9.17, 15) is 4.79 Å². The number of benzene rings is 1. The topological polar surface area (TPSA) is 76.2 Å². The molecule has 108 valence electrons. The number of fused-ring (bicyclic) bond motifs is 1. The van der Waals surface area contributed by atoms with Crippen LogP contribution in [-0.2, 0) is 9.47 Å². The Hall–Kier alpha value is -1.92. The van der Waals surface area contributed by atoms with Crippen LogP contribution in [0.4, 0.5) is 0 Å². The van der Waals surface area contributed by atoms with E-state index >= 15 is 0 Å². The fourth-order valence-electron chi connectivity index (χ4n) is 1.80. The van der Waals surface area contributed by atoms with Gasteiger partial charge in [0.25, 0.3) is 5.91 Å². The molecule has 0 radical (unpaired) electrons. The van der Waals surface area contributed by atoms with Gasteiger partial charge in [-0.05, 0) is 18.6 Å². The average molecular weight is 277 g/mol. The van der Waals surface area contributed by atoms with Crippen LogP contribution in [0, 0.1) is 0 Å². The Bertz CT molecular complexity index is 553. The number of hydrogen-bond acceptors (Lipinski definition) is 4. The fraction of sp³-hybridized carbons (Fsp3) is 0.429. The van der Waals surface area contributed by atoms with Crippen molar-refractivity contribution in [1.29, 1.82) is 0 Å². The average Bonchev–Trinajstić information content (AvgIpc) is 2.93. The molecule has 0 spiro atoms. The van der Waals surface area contributed by atoms with E-state index in [-0.39, 0.29) is 5.91 Å². The van der Waals surface area contributed by atoms with Crippen LogP contribution in [0.15, 0.2) is 24.4 Å². The Kier molecular flexibility index (Phi) is 5.52. The summed E-state index contributed by atoms with van der Waals surface area (Å²) < 4.78 is 10.2. The zero-order valence-electron chi connectivity index (χ0n) is 11.5. The van der Waals surface area contributed by atoms with Gasteiger partial charge < -0.3 is 14.8 Å². The summed E-state index contributed by atoms with van der Waals surface area (Å²) in [4.78, 5) is 11.9. The van der Waals surface area contributed by atoms with Gasteiger partial charge in [0, 0.05) is 31.2 Å². The number of amides is 1. The van der Waals surface area contributed by atoms with E-state index in [4.69, 9.17) is 9.47 Å². The first-order valence-electron chi connectivity index (χ1n) is 6.59. The summed E-state index contributed by atoms with van der Waals surface area (Å²) in [5, 5.41) is 10.6. The normalized spacial score (nSPS) is 10.8. The van der Waals surface area contributed by atoms with E-state index in [1.807, 2.05) is 6.07 Å². The van der Waals surface area contributed by atoms with E-state index in [1.165, 1.54) is 0 Å². The summed E-state index contributed by atoms with van der Waals surface area (Å²) in [6.45, 7) is 2.38. The second-order valence-electron chi connectivity index (χ2n) is 4.39. The predicted molar refractivity (Wildman–Crippen MR) is 75.7 cm³/mol. The molecule has 0 aliphatic carbocycles. The summed E-state index contributed by atoms with van der Waals surface area (Å²) >= 11 is 0. The fourth-order valence-corrected chi connectivity index (χ4v) is 1.80. The molecule has 0 bridgehead atoms. The first-order valence-corrected chi connectivity index (χ1v) is 6.59. The molecule has 1 amide bonds. The van der Waals surface area contributed by atoms with Crippen LogP contribution >= 0.6 is 0 Å². The number of hydrogen-bond donors (Lipinski definition) is 2. The minimum atomic E-state index is -0.0848. The molecule has 1 aromatic carbocycles. The lowest BCUT2D eigenvalue weighted by atomic mass is 10.1. The van der Waals surface area contributed by atoms with Gasteiger partial charge in [0.05, 0.1) is 24.9 Å². The van der Waals surface area contributed by atoms with Crippen molar-refractivity contribution >= 4 is 16.8 Å². The van der Waals surface area contributed by atoms with Gasteiger partial charge in [0.2, 0.25) is 0 Å². The molecule has 0 aliphatic heterocycles. The minimum absolute atomic E-state index is 0.0848. The maximum absolute atomic E-state index is 11.9. The number of carbonyl (C=O) groups is 1. The van der Waals surface area contributed by atoms with Crippen molar-refractivity contribution in [2.24, 2.45) is 0 Å². The van der Waals surface area contributed by atoms with Crippen LogP contribution in [0.3, 0.4) is 0 Å². The quantitative estimate of drug-likeness (QED) is 0.714. The van der Waals surface area contributed by atoms with E-state index in [1.54, 1.807) is 25.4 Å². The van der Waals surface area contributed by atoms with E-state index in [2.05, 4.69) is 15.5 Å². The maximum Gasteiger partial charge on any atom is 0.251 e. The number of aromatic nitrogens is 2. The van der Waals surface area contributed by atoms with Crippen LogP contribution < -0.4 is 5.32 Å². The Morgan fingerprint density at radius 2 is 2.25 bits per heavy atom. The smallest absolute Gasteiger partial charge is 0.251 e. The monoisotopic (exact) mass is 277 g/mol. The van der Waals surface area contributed by atoms with Gasteiger partial charge in [0.1, 0.15) is 0 Å². The lowest BCUT2D eigenvalue weighted by molar-refractivity contribution is 0.0688. The number of ether oxygens (including phenoxy) is 2. The molecule has 6 heteroatoms.